The maximum Gasteiger partial charge on any atom is 0.126 e. The van der Waals surface area contributed by atoms with Crippen molar-refractivity contribution in [1.82, 2.24) is 4.90 Å². The van der Waals surface area contributed by atoms with Gasteiger partial charge >= 0.3 is 0 Å². The number of piperidine rings is 1. The van der Waals surface area contributed by atoms with E-state index in [9.17, 15) is 10.2 Å². The minimum absolute atomic E-state index is 0.350. The Morgan fingerprint density at radius 2 is 2.04 bits per heavy atom. The highest BCUT2D eigenvalue weighted by atomic mass is 35.5. The SMILES string of the molecule is COc1cccc(C(O)CN2CCC3(CC2)CC(O)c2cc(Cl)ccc2O3)c1. The third-order valence-electron chi connectivity index (χ3n) is 5.90. The van der Waals surface area contributed by atoms with Gasteiger partial charge in [-0.15, -0.1) is 0 Å². The van der Waals surface area contributed by atoms with Crippen LogP contribution >= 0.6 is 11.6 Å². The Kier molecular flexibility index (Phi) is 5.52. The first-order valence-corrected chi connectivity index (χ1v) is 10.1. The molecule has 0 amide bonds. The Morgan fingerprint density at radius 3 is 2.79 bits per heavy atom. The van der Waals surface area contributed by atoms with Gasteiger partial charge in [0, 0.05) is 36.6 Å². The highest BCUT2D eigenvalue weighted by Gasteiger charge is 2.43. The van der Waals surface area contributed by atoms with E-state index < -0.39 is 12.2 Å². The molecule has 5 nitrogen and oxygen atoms in total. The molecule has 2 aliphatic heterocycles. The predicted octanol–water partition coefficient (Wildman–Crippen LogP) is 3.73. The Labute approximate surface area is 170 Å². The van der Waals surface area contributed by atoms with Gasteiger partial charge in [0.25, 0.3) is 0 Å². The van der Waals surface area contributed by atoms with Crippen molar-refractivity contribution >= 4 is 11.6 Å². The summed E-state index contributed by atoms with van der Waals surface area (Å²) in [6.45, 7) is 2.20. The third-order valence-corrected chi connectivity index (χ3v) is 6.13. The number of benzene rings is 2. The van der Waals surface area contributed by atoms with Crippen molar-refractivity contribution in [2.24, 2.45) is 0 Å². The molecule has 2 unspecified atom stereocenters. The summed E-state index contributed by atoms with van der Waals surface area (Å²) in [5.74, 6) is 1.48. The molecule has 0 aliphatic carbocycles. The van der Waals surface area contributed by atoms with E-state index >= 15 is 0 Å². The smallest absolute Gasteiger partial charge is 0.126 e. The van der Waals surface area contributed by atoms with E-state index in [4.69, 9.17) is 21.1 Å². The van der Waals surface area contributed by atoms with Crippen molar-refractivity contribution in [1.29, 1.82) is 0 Å². The number of likely N-dealkylation sites (tertiary alicyclic amines) is 1. The largest absolute Gasteiger partial charge is 0.497 e. The van der Waals surface area contributed by atoms with E-state index in [1.165, 1.54) is 0 Å². The Morgan fingerprint density at radius 1 is 1.25 bits per heavy atom. The maximum absolute atomic E-state index is 10.6. The molecule has 2 N–H and O–H groups in total. The molecule has 28 heavy (non-hydrogen) atoms. The number of hydrogen-bond donors (Lipinski definition) is 2. The lowest BCUT2D eigenvalue weighted by atomic mass is 9.81. The quantitative estimate of drug-likeness (QED) is 0.814. The molecule has 4 rings (SSSR count). The van der Waals surface area contributed by atoms with E-state index in [0.29, 0.717) is 18.0 Å². The molecule has 0 radical (unpaired) electrons. The van der Waals surface area contributed by atoms with Crippen LogP contribution in [0, 0.1) is 0 Å². The molecule has 2 aliphatic rings. The van der Waals surface area contributed by atoms with Crippen LogP contribution in [0.3, 0.4) is 0 Å². The molecule has 150 valence electrons. The van der Waals surface area contributed by atoms with Crippen molar-refractivity contribution in [3.8, 4) is 11.5 Å². The molecule has 0 aromatic heterocycles. The van der Waals surface area contributed by atoms with Crippen LogP contribution in [-0.2, 0) is 0 Å². The zero-order valence-electron chi connectivity index (χ0n) is 16.0. The highest BCUT2D eigenvalue weighted by molar-refractivity contribution is 6.30. The van der Waals surface area contributed by atoms with Gasteiger partial charge in [-0.25, -0.2) is 0 Å². The highest BCUT2D eigenvalue weighted by Crippen LogP contribution is 2.45. The molecule has 0 saturated carbocycles. The van der Waals surface area contributed by atoms with Gasteiger partial charge in [0.2, 0.25) is 0 Å². The molecule has 2 atom stereocenters. The molecule has 2 aromatic rings. The van der Waals surface area contributed by atoms with Crippen molar-refractivity contribution in [2.45, 2.75) is 37.1 Å². The molecule has 6 heteroatoms. The fourth-order valence-corrected chi connectivity index (χ4v) is 4.44. The van der Waals surface area contributed by atoms with Crippen molar-refractivity contribution < 1.29 is 19.7 Å². The monoisotopic (exact) mass is 403 g/mol. The van der Waals surface area contributed by atoms with Crippen LogP contribution in [-0.4, -0.2) is 47.5 Å². The number of halogens is 1. The van der Waals surface area contributed by atoms with Crippen LogP contribution in [0.15, 0.2) is 42.5 Å². The predicted molar refractivity (Wildman–Crippen MR) is 108 cm³/mol. The molecule has 2 heterocycles. The summed E-state index contributed by atoms with van der Waals surface area (Å²) in [6, 6.07) is 13.0. The zero-order chi connectivity index (χ0) is 19.7. The first kappa shape index (κ1) is 19.5. The van der Waals surface area contributed by atoms with Crippen molar-refractivity contribution in [2.75, 3.05) is 26.7 Å². The second kappa shape index (κ2) is 7.91. The Balaban J connectivity index is 1.38. The maximum atomic E-state index is 10.6. The first-order chi connectivity index (χ1) is 13.5. The molecule has 1 fully saturated rings. The van der Waals surface area contributed by atoms with Gasteiger partial charge in [0.15, 0.2) is 0 Å². The Hall–Kier alpha value is -1.79. The fraction of sp³-hybridized carbons (Fsp3) is 0.455. The summed E-state index contributed by atoms with van der Waals surface area (Å²) in [5, 5.41) is 21.8. The summed E-state index contributed by atoms with van der Waals surface area (Å²) in [5.41, 5.74) is 1.28. The number of rotatable bonds is 4. The lowest BCUT2D eigenvalue weighted by molar-refractivity contribution is -0.0587. The normalized spacial score (nSPS) is 22.4. The summed E-state index contributed by atoms with van der Waals surface area (Å²) in [4.78, 5) is 2.25. The van der Waals surface area contributed by atoms with Crippen molar-refractivity contribution in [3.63, 3.8) is 0 Å². The summed E-state index contributed by atoms with van der Waals surface area (Å²) in [6.07, 6.45) is 1.09. The molecular formula is C22H26ClNO4. The topological polar surface area (TPSA) is 62.2 Å². The molecule has 2 aromatic carbocycles. The first-order valence-electron chi connectivity index (χ1n) is 9.69. The lowest BCUT2D eigenvalue weighted by Crippen LogP contribution is -2.51. The second-order valence-electron chi connectivity index (χ2n) is 7.78. The standard InChI is InChI=1S/C22H26ClNO4/c1-27-17-4-2-3-15(11-17)20(26)14-24-9-7-22(8-10-24)13-19(25)18-12-16(23)5-6-21(18)28-22/h2-6,11-12,19-20,25-26H,7-10,13-14H2,1H3. The van der Waals surface area contributed by atoms with Crippen LogP contribution in [0.25, 0.3) is 0 Å². The third kappa shape index (κ3) is 3.98. The summed E-state index contributed by atoms with van der Waals surface area (Å²) in [7, 11) is 1.63. The van der Waals surface area contributed by atoms with Crippen LogP contribution in [0.4, 0.5) is 0 Å². The van der Waals surface area contributed by atoms with E-state index in [0.717, 1.165) is 48.6 Å². The second-order valence-corrected chi connectivity index (χ2v) is 8.22. The number of β-amino-alcohol motifs (C(OH)–C–C–N with tert-alkyl or cyclic N) is 1. The van der Waals surface area contributed by atoms with Gasteiger partial charge in [-0.1, -0.05) is 23.7 Å². The van der Waals surface area contributed by atoms with Gasteiger partial charge in [0.05, 0.1) is 19.3 Å². The van der Waals surface area contributed by atoms with Gasteiger partial charge in [-0.3, -0.25) is 0 Å². The molecular weight excluding hydrogens is 378 g/mol. The average molecular weight is 404 g/mol. The van der Waals surface area contributed by atoms with E-state index in [1.54, 1.807) is 19.2 Å². The zero-order valence-corrected chi connectivity index (χ0v) is 16.7. The van der Waals surface area contributed by atoms with Crippen LogP contribution in [0.5, 0.6) is 11.5 Å². The van der Waals surface area contributed by atoms with Crippen LogP contribution in [0.2, 0.25) is 5.02 Å². The minimum Gasteiger partial charge on any atom is -0.497 e. The van der Waals surface area contributed by atoms with E-state index in [2.05, 4.69) is 4.90 Å². The Bertz CT molecular complexity index is 835. The average Bonchev–Trinajstić information content (AvgIpc) is 2.70. The van der Waals surface area contributed by atoms with Gasteiger partial charge < -0.3 is 24.6 Å². The number of methoxy groups -OCH3 is 1. The molecule has 1 spiro atoms. The number of fused-ring (bicyclic) bond motifs is 1. The number of aliphatic hydroxyl groups is 2. The molecule has 1 saturated heterocycles. The summed E-state index contributed by atoms with van der Waals surface area (Å²) >= 11 is 6.05. The van der Waals surface area contributed by atoms with E-state index in [-0.39, 0.29) is 5.60 Å². The number of aliphatic hydroxyl groups excluding tert-OH is 2. The van der Waals surface area contributed by atoms with Crippen LogP contribution < -0.4 is 9.47 Å². The fourth-order valence-electron chi connectivity index (χ4n) is 4.26. The number of nitrogens with zero attached hydrogens (tertiary/aromatic N) is 1. The van der Waals surface area contributed by atoms with Gasteiger partial charge in [-0.2, -0.15) is 0 Å². The van der Waals surface area contributed by atoms with E-state index in [1.807, 2.05) is 30.3 Å². The molecule has 0 bridgehead atoms. The van der Waals surface area contributed by atoms with Gasteiger partial charge in [0.1, 0.15) is 17.1 Å². The van der Waals surface area contributed by atoms with Crippen molar-refractivity contribution in [3.05, 3.63) is 58.6 Å². The lowest BCUT2D eigenvalue weighted by Gasteiger charge is -2.46. The number of ether oxygens (including phenoxy) is 2. The van der Waals surface area contributed by atoms with Gasteiger partial charge in [-0.05, 0) is 48.7 Å². The summed E-state index contributed by atoms with van der Waals surface area (Å²) < 4.78 is 11.6. The number of hydrogen-bond acceptors (Lipinski definition) is 5. The minimum atomic E-state index is -0.565. The van der Waals surface area contributed by atoms with Crippen LogP contribution in [0.1, 0.15) is 42.6 Å².